The molecule has 0 bridgehead atoms. The van der Waals surface area contributed by atoms with Crippen LogP contribution in [-0.4, -0.2) is 34.6 Å². The maximum atomic E-state index is 12.4. The highest BCUT2D eigenvalue weighted by molar-refractivity contribution is 5.93. The van der Waals surface area contributed by atoms with Crippen LogP contribution < -0.4 is 0 Å². The van der Waals surface area contributed by atoms with Crippen molar-refractivity contribution in [3.05, 3.63) is 65.7 Å². The summed E-state index contributed by atoms with van der Waals surface area (Å²) in [5, 5.41) is 20.1. The second-order valence-electron chi connectivity index (χ2n) is 5.44. The molecule has 2 aromatic rings. The van der Waals surface area contributed by atoms with E-state index < -0.39 is 5.92 Å². The summed E-state index contributed by atoms with van der Waals surface area (Å²) < 4.78 is 0. The Morgan fingerprint density at radius 1 is 1.00 bits per heavy atom. The van der Waals surface area contributed by atoms with Gasteiger partial charge in [-0.15, -0.1) is 0 Å². The van der Waals surface area contributed by atoms with Gasteiger partial charge in [0.2, 0.25) is 5.91 Å². The average Bonchev–Trinajstić information content (AvgIpc) is 2.51. The van der Waals surface area contributed by atoms with Crippen molar-refractivity contribution in [2.75, 3.05) is 13.6 Å². The minimum atomic E-state index is -0.547. The number of carbonyl (C=O) groups is 1. The molecule has 0 aliphatic carbocycles. The highest BCUT2D eigenvalue weighted by Gasteiger charge is 2.30. The molecular formula is C18H17NO3. The van der Waals surface area contributed by atoms with Gasteiger partial charge in [-0.05, 0) is 17.7 Å². The van der Waals surface area contributed by atoms with E-state index in [0.29, 0.717) is 17.7 Å². The van der Waals surface area contributed by atoms with Gasteiger partial charge in [0.25, 0.3) is 0 Å². The zero-order valence-electron chi connectivity index (χ0n) is 12.2. The van der Waals surface area contributed by atoms with E-state index in [4.69, 9.17) is 0 Å². The van der Waals surface area contributed by atoms with Crippen molar-refractivity contribution < 1.29 is 15.0 Å². The molecule has 0 saturated heterocycles. The van der Waals surface area contributed by atoms with Gasteiger partial charge in [-0.1, -0.05) is 42.5 Å². The van der Waals surface area contributed by atoms with Crippen molar-refractivity contribution >= 4 is 11.5 Å². The van der Waals surface area contributed by atoms with Crippen LogP contribution in [0.3, 0.4) is 0 Å². The molecular weight excluding hydrogens is 278 g/mol. The lowest BCUT2D eigenvalue weighted by atomic mass is 9.88. The van der Waals surface area contributed by atoms with E-state index in [1.165, 1.54) is 0 Å². The molecule has 1 unspecified atom stereocenters. The van der Waals surface area contributed by atoms with Crippen molar-refractivity contribution in [3.8, 4) is 11.5 Å². The Bertz CT molecular complexity index is 752. The number of phenolic OH excluding ortho intramolecular Hbond substituents is 2. The van der Waals surface area contributed by atoms with Crippen molar-refractivity contribution in [2.45, 2.75) is 5.92 Å². The predicted molar refractivity (Wildman–Crippen MR) is 84.6 cm³/mol. The second-order valence-corrected chi connectivity index (χ2v) is 5.44. The first-order chi connectivity index (χ1) is 10.6. The van der Waals surface area contributed by atoms with E-state index in [-0.39, 0.29) is 17.4 Å². The van der Waals surface area contributed by atoms with E-state index >= 15 is 0 Å². The molecule has 2 aromatic carbocycles. The average molecular weight is 295 g/mol. The Morgan fingerprint density at radius 2 is 1.64 bits per heavy atom. The highest BCUT2D eigenvalue weighted by Crippen LogP contribution is 2.36. The minimum absolute atomic E-state index is 0.0688. The predicted octanol–water partition coefficient (Wildman–Crippen LogP) is 2.74. The Labute approximate surface area is 128 Å². The topological polar surface area (TPSA) is 60.8 Å². The first kappa shape index (κ1) is 14.2. The quantitative estimate of drug-likeness (QED) is 0.895. The van der Waals surface area contributed by atoms with Crippen LogP contribution in [-0.2, 0) is 4.79 Å². The van der Waals surface area contributed by atoms with Crippen LogP contribution in [0.15, 0.2) is 54.6 Å². The van der Waals surface area contributed by atoms with Gasteiger partial charge in [-0.3, -0.25) is 4.79 Å². The molecule has 22 heavy (non-hydrogen) atoms. The molecule has 1 atom stereocenters. The molecule has 1 aliphatic rings. The molecule has 4 nitrogen and oxygen atoms in total. The Hall–Kier alpha value is -2.75. The number of amides is 1. The first-order valence-corrected chi connectivity index (χ1v) is 7.10. The zero-order valence-corrected chi connectivity index (χ0v) is 12.2. The molecule has 0 spiro atoms. The maximum absolute atomic E-state index is 12.4. The normalized spacial score (nSPS) is 18.2. The number of para-hydroxylation sites is 2. The third kappa shape index (κ3) is 2.44. The number of carbonyl (C=O) groups excluding carboxylic acids is 1. The van der Waals surface area contributed by atoms with Gasteiger partial charge in [-0.25, -0.2) is 0 Å². The molecule has 0 saturated carbocycles. The number of rotatable bonds is 2. The molecule has 1 aliphatic heterocycles. The summed E-state index contributed by atoms with van der Waals surface area (Å²) in [4.78, 5) is 14.1. The molecule has 0 fully saturated rings. The SMILES string of the molecule is CN1CC(c2ccccc2O)=CC(c2ccccc2O)C1=O. The number of nitrogens with zero attached hydrogens (tertiary/aromatic N) is 1. The van der Waals surface area contributed by atoms with E-state index in [2.05, 4.69) is 0 Å². The first-order valence-electron chi connectivity index (χ1n) is 7.10. The monoisotopic (exact) mass is 295 g/mol. The minimum Gasteiger partial charge on any atom is -0.508 e. The van der Waals surface area contributed by atoms with Crippen LogP contribution in [0.2, 0.25) is 0 Å². The molecule has 1 amide bonds. The number of hydrogen-bond donors (Lipinski definition) is 2. The molecule has 2 N–H and O–H groups in total. The zero-order chi connectivity index (χ0) is 15.7. The van der Waals surface area contributed by atoms with Gasteiger partial charge in [-0.2, -0.15) is 0 Å². The van der Waals surface area contributed by atoms with Gasteiger partial charge < -0.3 is 15.1 Å². The van der Waals surface area contributed by atoms with Crippen molar-refractivity contribution in [1.82, 2.24) is 4.90 Å². The number of aromatic hydroxyl groups is 2. The summed E-state index contributed by atoms with van der Waals surface area (Å²) >= 11 is 0. The van der Waals surface area contributed by atoms with Gasteiger partial charge in [0.15, 0.2) is 0 Å². The molecule has 1 heterocycles. The molecule has 0 aromatic heterocycles. The van der Waals surface area contributed by atoms with Crippen LogP contribution in [0.5, 0.6) is 11.5 Å². The largest absolute Gasteiger partial charge is 0.508 e. The Balaban J connectivity index is 2.09. The number of phenols is 2. The van der Waals surface area contributed by atoms with Crippen molar-refractivity contribution in [1.29, 1.82) is 0 Å². The number of hydrogen-bond acceptors (Lipinski definition) is 3. The smallest absolute Gasteiger partial charge is 0.234 e. The third-order valence-corrected chi connectivity index (χ3v) is 3.94. The van der Waals surface area contributed by atoms with Crippen LogP contribution in [0.25, 0.3) is 5.57 Å². The van der Waals surface area contributed by atoms with Crippen molar-refractivity contribution in [3.63, 3.8) is 0 Å². The lowest BCUT2D eigenvalue weighted by molar-refractivity contribution is -0.130. The lowest BCUT2D eigenvalue weighted by Gasteiger charge is -2.29. The summed E-state index contributed by atoms with van der Waals surface area (Å²) in [5.74, 6) is -0.327. The second kappa shape index (κ2) is 5.56. The van der Waals surface area contributed by atoms with E-state index in [1.807, 2.05) is 18.2 Å². The van der Waals surface area contributed by atoms with E-state index in [0.717, 1.165) is 5.57 Å². The summed E-state index contributed by atoms with van der Waals surface area (Å²) in [7, 11) is 1.72. The fraction of sp³-hybridized carbons (Fsp3) is 0.167. The number of benzene rings is 2. The summed E-state index contributed by atoms with van der Waals surface area (Å²) in [6.07, 6.45) is 1.83. The molecule has 4 heteroatoms. The van der Waals surface area contributed by atoms with Gasteiger partial charge >= 0.3 is 0 Å². The molecule has 3 rings (SSSR count). The molecule has 0 radical (unpaired) electrons. The fourth-order valence-corrected chi connectivity index (χ4v) is 2.79. The van der Waals surface area contributed by atoms with Crippen LogP contribution >= 0.6 is 0 Å². The molecule has 112 valence electrons. The number of likely N-dealkylation sites (N-methyl/N-ethyl adjacent to an activating group) is 1. The fourth-order valence-electron chi connectivity index (χ4n) is 2.79. The lowest BCUT2D eigenvalue weighted by Crippen LogP contribution is -2.36. The highest BCUT2D eigenvalue weighted by atomic mass is 16.3. The van der Waals surface area contributed by atoms with E-state index in [9.17, 15) is 15.0 Å². The van der Waals surface area contributed by atoms with Gasteiger partial charge in [0.05, 0.1) is 5.92 Å². The Morgan fingerprint density at radius 3 is 2.32 bits per heavy atom. The van der Waals surface area contributed by atoms with Gasteiger partial charge in [0, 0.05) is 24.7 Å². The van der Waals surface area contributed by atoms with Crippen LogP contribution in [0.4, 0.5) is 0 Å². The summed E-state index contributed by atoms with van der Waals surface area (Å²) in [6, 6.07) is 13.9. The summed E-state index contributed by atoms with van der Waals surface area (Å²) in [5.41, 5.74) is 2.16. The summed E-state index contributed by atoms with van der Waals surface area (Å²) in [6.45, 7) is 0.431. The standard InChI is InChI=1S/C18H17NO3/c1-19-11-12(13-6-2-4-8-16(13)20)10-15(18(19)22)14-7-3-5-9-17(14)21/h2-10,15,20-21H,11H2,1H3. The maximum Gasteiger partial charge on any atom is 0.234 e. The van der Waals surface area contributed by atoms with E-state index in [1.54, 1.807) is 48.3 Å². The van der Waals surface area contributed by atoms with Crippen molar-refractivity contribution in [2.24, 2.45) is 0 Å². The van der Waals surface area contributed by atoms with Crippen LogP contribution in [0, 0.1) is 0 Å². The van der Waals surface area contributed by atoms with Gasteiger partial charge in [0.1, 0.15) is 11.5 Å². The Kier molecular flexibility index (Phi) is 3.59. The van der Waals surface area contributed by atoms with Crippen LogP contribution in [0.1, 0.15) is 17.0 Å². The third-order valence-electron chi connectivity index (χ3n) is 3.94.